The first-order chi connectivity index (χ1) is 8.74. The van der Waals surface area contributed by atoms with Gasteiger partial charge in [0, 0.05) is 6.42 Å². The average molecular weight is 282 g/mol. The minimum atomic E-state index is 0.387. The predicted octanol–water partition coefficient (Wildman–Crippen LogP) is 5.57. The molecular weight excluding hydrogens is 265 g/mol. The van der Waals surface area contributed by atoms with Crippen molar-refractivity contribution in [2.75, 3.05) is 0 Å². The SMILES string of the molecule is N#CCC1CCCCCC1c1cccc(Cl)c1Cl. The van der Waals surface area contributed by atoms with Crippen LogP contribution in [-0.4, -0.2) is 0 Å². The minimum Gasteiger partial charge on any atom is -0.198 e. The van der Waals surface area contributed by atoms with Gasteiger partial charge in [-0.2, -0.15) is 5.26 Å². The van der Waals surface area contributed by atoms with Crippen LogP contribution in [0.15, 0.2) is 18.2 Å². The maximum Gasteiger partial charge on any atom is 0.0627 e. The quantitative estimate of drug-likeness (QED) is 0.650. The lowest BCUT2D eigenvalue weighted by Gasteiger charge is -2.24. The van der Waals surface area contributed by atoms with Crippen LogP contribution in [0.3, 0.4) is 0 Å². The summed E-state index contributed by atoms with van der Waals surface area (Å²) in [5.74, 6) is 0.812. The van der Waals surface area contributed by atoms with Crippen molar-refractivity contribution in [2.24, 2.45) is 5.92 Å². The zero-order valence-electron chi connectivity index (χ0n) is 10.3. The molecule has 1 aliphatic rings. The summed E-state index contributed by atoms with van der Waals surface area (Å²) in [4.78, 5) is 0. The minimum absolute atomic E-state index is 0.387. The molecule has 0 N–H and O–H groups in total. The molecule has 1 saturated carbocycles. The van der Waals surface area contributed by atoms with Crippen LogP contribution in [0, 0.1) is 17.2 Å². The van der Waals surface area contributed by atoms with Gasteiger partial charge in [0.2, 0.25) is 0 Å². The molecule has 0 saturated heterocycles. The van der Waals surface area contributed by atoms with Crippen molar-refractivity contribution in [3.05, 3.63) is 33.8 Å². The monoisotopic (exact) mass is 281 g/mol. The van der Waals surface area contributed by atoms with Crippen molar-refractivity contribution in [2.45, 2.75) is 44.4 Å². The summed E-state index contributed by atoms with van der Waals surface area (Å²) in [5, 5.41) is 10.3. The number of hydrogen-bond donors (Lipinski definition) is 0. The smallest absolute Gasteiger partial charge is 0.0627 e. The number of halogens is 2. The van der Waals surface area contributed by atoms with Crippen molar-refractivity contribution in [1.29, 1.82) is 5.26 Å². The summed E-state index contributed by atoms with van der Waals surface area (Å²) in [5.41, 5.74) is 1.13. The molecule has 1 aromatic carbocycles. The Morgan fingerprint density at radius 3 is 2.72 bits per heavy atom. The summed E-state index contributed by atoms with van der Waals surface area (Å²) < 4.78 is 0. The number of nitrogens with zero attached hydrogens (tertiary/aromatic N) is 1. The van der Waals surface area contributed by atoms with Gasteiger partial charge in [-0.05, 0) is 36.3 Å². The Labute approximate surface area is 119 Å². The molecule has 0 radical (unpaired) electrons. The fraction of sp³-hybridized carbons (Fsp3) is 0.533. The van der Waals surface area contributed by atoms with Gasteiger partial charge in [0.15, 0.2) is 0 Å². The zero-order valence-corrected chi connectivity index (χ0v) is 11.8. The summed E-state index contributed by atoms with van der Waals surface area (Å²) in [6.07, 6.45) is 6.56. The second kappa shape index (κ2) is 6.45. The maximum absolute atomic E-state index is 8.99. The second-order valence-corrected chi connectivity index (χ2v) is 5.80. The van der Waals surface area contributed by atoms with Gasteiger partial charge in [-0.25, -0.2) is 0 Å². The van der Waals surface area contributed by atoms with Crippen LogP contribution in [-0.2, 0) is 0 Å². The van der Waals surface area contributed by atoms with Crippen molar-refractivity contribution < 1.29 is 0 Å². The number of nitriles is 1. The van der Waals surface area contributed by atoms with E-state index in [2.05, 4.69) is 12.1 Å². The highest BCUT2D eigenvalue weighted by Gasteiger charge is 2.27. The third-order valence-electron chi connectivity index (χ3n) is 3.89. The highest BCUT2D eigenvalue weighted by molar-refractivity contribution is 6.42. The Kier molecular flexibility index (Phi) is 4.92. The van der Waals surface area contributed by atoms with Gasteiger partial charge in [0.05, 0.1) is 16.1 Å². The Balaban J connectivity index is 2.32. The van der Waals surface area contributed by atoms with Crippen molar-refractivity contribution in [3.63, 3.8) is 0 Å². The first-order valence-corrected chi connectivity index (χ1v) is 7.30. The van der Waals surface area contributed by atoms with Gasteiger partial charge in [-0.3, -0.25) is 0 Å². The molecular formula is C15H17Cl2N. The van der Waals surface area contributed by atoms with Crippen molar-refractivity contribution in [1.82, 2.24) is 0 Å². The van der Waals surface area contributed by atoms with Crippen molar-refractivity contribution in [3.8, 4) is 6.07 Å². The first kappa shape index (κ1) is 13.7. The second-order valence-electron chi connectivity index (χ2n) is 5.01. The van der Waals surface area contributed by atoms with E-state index in [9.17, 15) is 0 Å². The third kappa shape index (κ3) is 2.99. The Bertz CT molecular complexity index is 450. The van der Waals surface area contributed by atoms with E-state index in [0.29, 0.717) is 28.3 Å². The van der Waals surface area contributed by atoms with Crippen LogP contribution >= 0.6 is 23.2 Å². The molecule has 96 valence electrons. The molecule has 0 aliphatic heterocycles. The molecule has 2 rings (SSSR count). The highest BCUT2D eigenvalue weighted by Crippen LogP contribution is 2.42. The molecule has 18 heavy (non-hydrogen) atoms. The Hall–Kier alpha value is -0.710. The van der Waals surface area contributed by atoms with Crippen LogP contribution in [0.2, 0.25) is 10.0 Å². The zero-order chi connectivity index (χ0) is 13.0. The third-order valence-corrected chi connectivity index (χ3v) is 4.73. The molecule has 1 fully saturated rings. The lowest BCUT2D eigenvalue weighted by molar-refractivity contribution is 0.406. The largest absolute Gasteiger partial charge is 0.198 e. The van der Waals surface area contributed by atoms with E-state index in [4.69, 9.17) is 28.5 Å². The van der Waals surface area contributed by atoms with Crippen LogP contribution in [0.1, 0.15) is 50.0 Å². The van der Waals surface area contributed by atoms with E-state index in [1.165, 1.54) is 19.3 Å². The van der Waals surface area contributed by atoms with Gasteiger partial charge in [0.1, 0.15) is 0 Å². The molecule has 2 atom stereocenters. The number of benzene rings is 1. The highest BCUT2D eigenvalue weighted by atomic mass is 35.5. The molecule has 0 spiro atoms. The molecule has 3 heteroatoms. The van der Waals surface area contributed by atoms with Gasteiger partial charge >= 0.3 is 0 Å². The van der Waals surface area contributed by atoms with Crippen molar-refractivity contribution >= 4 is 23.2 Å². The molecule has 1 nitrogen and oxygen atoms in total. The Morgan fingerprint density at radius 1 is 1.17 bits per heavy atom. The molecule has 2 unspecified atom stereocenters. The van der Waals surface area contributed by atoms with E-state index >= 15 is 0 Å². The number of hydrogen-bond acceptors (Lipinski definition) is 1. The average Bonchev–Trinajstić information content (AvgIpc) is 2.59. The van der Waals surface area contributed by atoms with Crippen LogP contribution < -0.4 is 0 Å². The van der Waals surface area contributed by atoms with E-state index in [0.717, 1.165) is 18.4 Å². The number of rotatable bonds is 2. The van der Waals surface area contributed by atoms with Crippen LogP contribution in [0.25, 0.3) is 0 Å². The summed E-state index contributed by atoms with van der Waals surface area (Å²) in [7, 11) is 0. The van der Waals surface area contributed by atoms with E-state index in [1.54, 1.807) is 0 Å². The lowest BCUT2D eigenvalue weighted by Crippen LogP contribution is -2.12. The van der Waals surface area contributed by atoms with E-state index in [1.807, 2.05) is 12.1 Å². The summed E-state index contributed by atoms with van der Waals surface area (Å²) >= 11 is 12.4. The fourth-order valence-corrected chi connectivity index (χ4v) is 3.41. The predicted molar refractivity (Wildman–Crippen MR) is 76.0 cm³/mol. The molecule has 0 heterocycles. The standard InChI is InChI=1S/C15H17Cl2N/c16-14-8-4-7-13(15(14)17)12-6-3-1-2-5-11(12)9-10-18/h4,7-8,11-12H,1-3,5-6,9H2. The van der Waals surface area contributed by atoms with Crippen LogP contribution in [0.5, 0.6) is 0 Å². The molecule has 1 aliphatic carbocycles. The van der Waals surface area contributed by atoms with Crippen LogP contribution in [0.4, 0.5) is 0 Å². The summed E-state index contributed by atoms with van der Waals surface area (Å²) in [6.45, 7) is 0. The van der Waals surface area contributed by atoms with Gasteiger partial charge < -0.3 is 0 Å². The Morgan fingerprint density at radius 2 is 1.94 bits per heavy atom. The molecule has 0 bridgehead atoms. The topological polar surface area (TPSA) is 23.8 Å². The van der Waals surface area contributed by atoms with E-state index in [-0.39, 0.29) is 0 Å². The van der Waals surface area contributed by atoms with Gasteiger partial charge in [-0.15, -0.1) is 0 Å². The van der Waals surface area contributed by atoms with Gasteiger partial charge in [0.25, 0.3) is 0 Å². The molecule has 1 aromatic rings. The molecule has 0 amide bonds. The lowest BCUT2D eigenvalue weighted by atomic mass is 9.81. The first-order valence-electron chi connectivity index (χ1n) is 6.55. The van der Waals surface area contributed by atoms with E-state index < -0.39 is 0 Å². The molecule has 0 aromatic heterocycles. The maximum atomic E-state index is 8.99. The van der Waals surface area contributed by atoms with Gasteiger partial charge in [-0.1, -0.05) is 54.6 Å². The fourth-order valence-electron chi connectivity index (χ4n) is 2.96. The summed E-state index contributed by atoms with van der Waals surface area (Å²) in [6, 6.07) is 8.17. The normalized spacial score (nSPS) is 24.3.